The van der Waals surface area contributed by atoms with Crippen molar-refractivity contribution in [3.8, 4) is 5.95 Å². The van der Waals surface area contributed by atoms with E-state index in [4.69, 9.17) is 13.9 Å². The van der Waals surface area contributed by atoms with E-state index in [9.17, 15) is 9.59 Å². The molecular weight excluding hydrogens is 442 g/mol. The van der Waals surface area contributed by atoms with Gasteiger partial charge in [0, 0.05) is 12.6 Å². The van der Waals surface area contributed by atoms with Crippen LogP contribution >= 0.6 is 0 Å². The van der Waals surface area contributed by atoms with E-state index in [1.807, 2.05) is 0 Å². The molecule has 0 radical (unpaired) electrons. The standard InChI is InChI=1S/C29H51NO5/c1-4-7-8-9-10-11-12-13-14-15-16-17-18-19-23-34-29-21-20-27(35-29)26(31)25-28(32)33-24-22-30(5-2)6-3/h20-21H,4-19,22-25H2,1-3H3. The number of nitrogens with zero attached hydrogens (tertiary/aromatic N) is 1. The zero-order chi connectivity index (χ0) is 25.6. The minimum absolute atomic E-state index is 0.140. The number of hydrogen-bond acceptors (Lipinski definition) is 6. The lowest BCUT2D eigenvalue weighted by molar-refractivity contribution is -0.142. The number of ether oxygens (including phenoxy) is 2. The first-order valence-corrected chi connectivity index (χ1v) is 14.2. The van der Waals surface area contributed by atoms with Gasteiger partial charge in [0.25, 0.3) is 5.95 Å². The number of Topliss-reactive ketones (excluding diaryl/α,β-unsaturated/α-hetero) is 1. The van der Waals surface area contributed by atoms with Crippen LogP contribution in [-0.2, 0) is 9.53 Å². The SMILES string of the molecule is CCCCCCCCCCCCCCCCOc1ccc(C(=O)CC(=O)OCCN(CC)CC)o1. The van der Waals surface area contributed by atoms with E-state index in [-0.39, 0.29) is 18.0 Å². The van der Waals surface area contributed by atoms with Gasteiger partial charge < -0.3 is 18.8 Å². The molecule has 0 fully saturated rings. The second-order valence-electron chi connectivity index (χ2n) is 9.41. The van der Waals surface area contributed by atoms with Crippen molar-refractivity contribution in [2.45, 2.75) is 117 Å². The van der Waals surface area contributed by atoms with Gasteiger partial charge in [-0.05, 0) is 25.6 Å². The van der Waals surface area contributed by atoms with Gasteiger partial charge in [0.2, 0.25) is 5.78 Å². The van der Waals surface area contributed by atoms with Crippen molar-refractivity contribution in [3.63, 3.8) is 0 Å². The molecule has 202 valence electrons. The number of rotatable bonds is 24. The van der Waals surface area contributed by atoms with Crippen molar-refractivity contribution in [1.82, 2.24) is 4.90 Å². The fourth-order valence-corrected chi connectivity index (χ4v) is 4.11. The lowest BCUT2D eigenvalue weighted by Crippen LogP contribution is -2.28. The number of hydrogen-bond donors (Lipinski definition) is 0. The third-order valence-electron chi connectivity index (χ3n) is 6.47. The molecule has 0 saturated heterocycles. The second kappa shape index (κ2) is 21.5. The molecular formula is C29H51NO5. The van der Waals surface area contributed by atoms with Crippen molar-refractivity contribution < 1.29 is 23.5 Å². The third-order valence-corrected chi connectivity index (χ3v) is 6.47. The number of likely N-dealkylation sites (N-methyl/N-ethyl adjacent to an activating group) is 1. The first-order chi connectivity index (χ1) is 17.1. The lowest BCUT2D eigenvalue weighted by Gasteiger charge is -2.17. The molecule has 0 aromatic carbocycles. The fraction of sp³-hybridized carbons (Fsp3) is 0.793. The Bertz CT molecular complexity index is 653. The summed E-state index contributed by atoms with van der Waals surface area (Å²) in [5.41, 5.74) is 0. The highest BCUT2D eigenvalue weighted by atomic mass is 16.6. The molecule has 35 heavy (non-hydrogen) atoms. The summed E-state index contributed by atoms with van der Waals surface area (Å²) in [4.78, 5) is 26.3. The predicted octanol–water partition coefficient (Wildman–Crippen LogP) is 7.60. The van der Waals surface area contributed by atoms with Gasteiger partial charge >= 0.3 is 5.97 Å². The van der Waals surface area contributed by atoms with Gasteiger partial charge in [-0.2, -0.15) is 0 Å². The van der Waals surface area contributed by atoms with Crippen molar-refractivity contribution in [2.24, 2.45) is 0 Å². The maximum atomic E-state index is 12.2. The molecule has 0 aliphatic carbocycles. The van der Waals surface area contributed by atoms with E-state index in [1.54, 1.807) is 12.1 Å². The first kappa shape index (κ1) is 31.2. The fourth-order valence-electron chi connectivity index (χ4n) is 4.11. The monoisotopic (exact) mass is 493 g/mol. The molecule has 0 bridgehead atoms. The Kier molecular flexibility index (Phi) is 19.1. The topological polar surface area (TPSA) is 69.0 Å². The molecule has 1 aromatic rings. The molecule has 6 heteroatoms. The van der Waals surface area contributed by atoms with Crippen LogP contribution < -0.4 is 4.74 Å². The number of furan rings is 1. The summed E-state index contributed by atoms with van der Waals surface area (Å²) in [6.07, 6.45) is 18.2. The average molecular weight is 494 g/mol. The van der Waals surface area contributed by atoms with Crippen LogP contribution in [0.25, 0.3) is 0 Å². The van der Waals surface area contributed by atoms with Crippen molar-refractivity contribution in [3.05, 3.63) is 17.9 Å². The number of esters is 1. The second-order valence-corrected chi connectivity index (χ2v) is 9.41. The van der Waals surface area contributed by atoms with E-state index in [0.29, 0.717) is 25.7 Å². The van der Waals surface area contributed by atoms with E-state index in [1.165, 1.54) is 77.0 Å². The molecule has 1 aromatic heterocycles. The summed E-state index contributed by atoms with van der Waals surface area (Å²) in [5.74, 6) is -0.438. The molecule has 0 saturated carbocycles. The van der Waals surface area contributed by atoms with E-state index >= 15 is 0 Å². The zero-order valence-corrected chi connectivity index (χ0v) is 22.8. The lowest BCUT2D eigenvalue weighted by atomic mass is 10.0. The van der Waals surface area contributed by atoms with Crippen LogP contribution in [0.2, 0.25) is 0 Å². The Morgan fingerprint density at radius 3 is 1.83 bits per heavy atom. The smallest absolute Gasteiger partial charge is 0.313 e. The Balaban J connectivity index is 2.00. The molecule has 0 aliphatic heterocycles. The Morgan fingerprint density at radius 1 is 0.743 bits per heavy atom. The highest BCUT2D eigenvalue weighted by Crippen LogP contribution is 2.18. The molecule has 0 aliphatic rings. The van der Waals surface area contributed by atoms with E-state index < -0.39 is 5.97 Å². The normalized spacial score (nSPS) is 11.2. The van der Waals surface area contributed by atoms with Crippen LogP contribution in [0.15, 0.2) is 16.5 Å². The molecule has 6 nitrogen and oxygen atoms in total. The van der Waals surface area contributed by atoms with Gasteiger partial charge in [0.1, 0.15) is 13.0 Å². The Labute approximate surface area is 214 Å². The predicted molar refractivity (Wildman–Crippen MR) is 142 cm³/mol. The van der Waals surface area contributed by atoms with Crippen molar-refractivity contribution in [2.75, 3.05) is 32.8 Å². The highest BCUT2D eigenvalue weighted by Gasteiger charge is 2.17. The molecule has 1 heterocycles. The van der Waals surface area contributed by atoms with Crippen LogP contribution in [0.5, 0.6) is 5.95 Å². The van der Waals surface area contributed by atoms with Gasteiger partial charge in [0.15, 0.2) is 5.76 Å². The van der Waals surface area contributed by atoms with Crippen LogP contribution in [-0.4, -0.2) is 49.5 Å². The van der Waals surface area contributed by atoms with Crippen LogP contribution in [0, 0.1) is 0 Å². The van der Waals surface area contributed by atoms with Crippen LogP contribution in [0.3, 0.4) is 0 Å². The van der Waals surface area contributed by atoms with Gasteiger partial charge in [0.05, 0.1) is 6.61 Å². The number of ketones is 1. The van der Waals surface area contributed by atoms with Crippen LogP contribution in [0.1, 0.15) is 128 Å². The quantitative estimate of drug-likeness (QED) is 0.0639. The molecule has 0 N–H and O–H groups in total. The number of carbonyl (C=O) groups is 2. The zero-order valence-electron chi connectivity index (χ0n) is 22.8. The molecule has 0 unspecified atom stereocenters. The summed E-state index contributed by atoms with van der Waals surface area (Å²) < 4.78 is 16.2. The first-order valence-electron chi connectivity index (χ1n) is 14.2. The highest BCUT2D eigenvalue weighted by molar-refractivity contribution is 6.04. The largest absolute Gasteiger partial charge is 0.465 e. The maximum Gasteiger partial charge on any atom is 0.313 e. The maximum absolute atomic E-state index is 12.2. The van der Waals surface area contributed by atoms with E-state index in [0.717, 1.165) is 25.9 Å². The summed E-state index contributed by atoms with van der Waals surface area (Å²) in [7, 11) is 0. The average Bonchev–Trinajstić information content (AvgIpc) is 3.33. The molecule has 0 amide bonds. The summed E-state index contributed by atoms with van der Waals surface area (Å²) in [5, 5.41) is 0. The summed E-state index contributed by atoms with van der Waals surface area (Å²) in [6.45, 7) is 9.74. The molecule has 0 spiro atoms. The van der Waals surface area contributed by atoms with Crippen LogP contribution in [0.4, 0.5) is 0 Å². The Hall–Kier alpha value is -1.82. The van der Waals surface area contributed by atoms with Gasteiger partial charge in [-0.15, -0.1) is 0 Å². The third kappa shape index (κ3) is 16.5. The minimum atomic E-state index is -0.525. The number of carbonyl (C=O) groups excluding carboxylic acids is 2. The molecule has 0 atom stereocenters. The minimum Gasteiger partial charge on any atom is -0.465 e. The molecule has 1 rings (SSSR count). The Morgan fingerprint density at radius 2 is 1.29 bits per heavy atom. The van der Waals surface area contributed by atoms with Gasteiger partial charge in [-0.25, -0.2) is 0 Å². The van der Waals surface area contributed by atoms with Crippen molar-refractivity contribution in [1.29, 1.82) is 0 Å². The van der Waals surface area contributed by atoms with E-state index in [2.05, 4.69) is 25.7 Å². The van der Waals surface area contributed by atoms with Crippen molar-refractivity contribution >= 4 is 11.8 Å². The summed E-state index contributed by atoms with van der Waals surface area (Å²) >= 11 is 0. The van der Waals surface area contributed by atoms with Gasteiger partial charge in [-0.1, -0.05) is 104 Å². The summed E-state index contributed by atoms with van der Waals surface area (Å²) in [6, 6.07) is 3.20. The van der Waals surface area contributed by atoms with Gasteiger partial charge in [-0.3, -0.25) is 9.59 Å². The number of unbranched alkanes of at least 4 members (excludes halogenated alkanes) is 13.